The van der Waals surface area contributed by atoms with Gasteiger partial charge in [0, 0.05) is 28.3 Å². The minimum absolute atomic E-state index is 0.00821. The van der Waals surface area contributed by atoms with Gasteiger partial charge in [-0.2, -0.15) is 10.4 Å². The van der Waals surface area contributed by atoms with Gasteiger partial charge < -0.3 is 10.6 Å². The number of nitrogens with zero attached hydrogens (tertiary/aromatic N) is 2. The molecule has 1 unspecified atom stereocenters. The Kier molecular flexibility index (Phi) is 3.68. The molecule has 1 saturated heterocycles. The van der Waals surface area contributed by atoms with Gasteiger partial charge in [-0.25, -0.2) is 0 Å². The summed E-state index contributed by atoms with van der Waals surface area (Å²) in [6.07, 6.45) is 4.03. The van der Waals surface area contributed by atoms with Crippen LogP contribution in [0.3, 0.4) is 0 Å². The first-order valence-corrected chi connectivity index (χ1v) is 8.87. The molecule has 0 bridgehead atoms. The van der Waals surface area contributed by atoms with Crippen LogP contribution in [0.1, 0.15) is 34.8 Å². The van der Waals surface area contributed by atoms with Crippen LogP contribution >= 0.6 is 11.3 Å². The largest absolute Gasteiger partial charge is 0.341 e. The van der Waals surface area contributed by atoms with E-state index < -0.39 is 0 Å². The number of H-pyrrole nitrogens is 1. The monoisotopic (exact) mass is 325 g/mol. The summed E-state index contributed by atoms with van der Waals surface area (Å²) in [6, 6.07) is 4.65. The second-order valence-corrected chi connectivity index (χ2v) is 7.26. The Morgan fingerprint density at radius 1 is 1.30 bits per heavy atom. The molecule has 0 amide bonds. The first kappa shape index (κ1) is 14.5. The molecule has 0 radical (unpaired) electrons. The molecule has 5 nitrogen and oxygen atoms in total. The number of aromatic nitrogens is 2. The van der Waals surface area contributed by atoms with Crippen molar-refractivity contribution in [3.63, 3.8) is 0 Å². The molecule has 0 saturated carbocycles. The molecule has 0 aromatic carbocycles. The summed E-state index contributed by atoms with van der Waals surface area (Å²) in [6.45, 7) is 4.13. The van der Waals surface area contributed by atoms with Crippen molar-refractivity contribution in [3.8, 4) is 6.07 Å². The number of allylic oxidation sites excluding steroid dienone is 2. The average molecular weight is 325 g/mol. The molecule has 3 N–H and O–H groups in total. The highest BCUT2D eigenvalue weighted by Crippen LogP contribution is 2.45. The molecule has 6 heteroatoms. The van der Waals surface area contributed by atoms with Gasteiger partial charge in [0.1, 0.15) is 0 Å². The zero-order valence-electron chi connectivity index (χ0n) is 13.0. The van der Waals surface area contributed by atoms with Gasteiger partial charge >= 0.3 is 0 Å². The molecule has 2 aromatic rings. The molecule has 0 spiro atoms. The number of hydrogen-bond acceptors (Lipinski definition) is 5. The standard InChI is InChI=1S/C17H19N5S/c1-10-12(4-7-23-10)15-13(8-18)16(11-2-5-19-6-3-11)21-17-14(15)9-20-22-17/h4,7,9,11,15,19H,2-3,5-6H2,1H3,(H2,20,21,22). The van der Waals surface area contributed by atoms with Crippen molar-refractivity contribution in [3.05, 3.63) is 44.9 Å². The Hall–Kier alpha value is -2.10. The van der Waals surface area contributed by atoms with Crippen LogP contribution in [-0.4, -0.2) is 23.3 Å². The first-order chi connectivity index (χ1) is 11.3. The Labute approximate surface area is 139 Å². The summed E-state index contributed by atoms with van der Waals surface area (Å²) >= 11 is 1.73. The van der Waals surface area contributed by atoms with Crippen molar-refractivity contribution in [2.75, 3.05) is 18.4 Å². The van der Waals surface area contributed by atoms with Crippen LogP contribution in [0.2, 0.25) is 0 Å². The van der Waals surface area contributed by atoms with E-state index in [1.807, 2.05) is 6.20 Å². The average Bonchev–Trinajstić information content (AvgIpc) is 3.22. The molecule has 2 aliphatic rings. The number of aromatic amines is 1. The third-order valence-corrected chi connectivity index (χ3v) is 5.75. The quantitative estimate of drug-likeness (QED) is 0.793. The summed E-state index contributed by atoms with van der Waals surface area (Å²) in [5, 5.41) is 26.2. The van der Waals surface area contributed by atoms with Crippen molar-refractivity contribution < 1.29 is 0 Å². The molecule has 1 atom stereocenters. The topological polar surface area (TPSA) is 76.5 Å². The van der Waals surface area contributed by atoms with Gasteiger partial charge in [0.15, 0.2) is 5.82 Å². The predicted octanol–water partition coefficient (Wildman–Crippen LogP) is 3.11. The van der Waals surface area contributed by atoms with Crippen molar-refractivity contribution in [2.45, 2.75) is 25.7 Å². The molecular weight excluding hydrogens is 306 g/mol. The van der Waals surface area contributed by atoms with Crippen molar-refractivity contribution in [1.82, 2.24) is 15.5 Å². The number of hydrogen-bond donors (Lipinski definition) is 3. The highest BCUT2D eigenvalue weighted by atomic mass is 32.1. The van der Waals surface area contributed by atoms with Gasteiger partial charge in [-0.05, 0) is 49.9 Å². The van der Waals surface area contributed by atoms with Gasteiger partial charge in [-0.3, -0.25) is 5.10 Å². The molecule has 118 valence electrons. The summed E-state index contributed by atoms with van der Waals surface area (Å²) in [7, 11) is 0. The zero-order valence-corrected chi connectivity index (χ0v) is 13.8. The molecule has 4 heterocycles. The van der Waals surface area contributed by atoms with Crippen LogP contribution in [0.4, 0.5) is 5.82 Å². The zero-order chi connectivity index (χ0) is 15.8. The van der Waals surface area contributed by atoms with E-state index in [4.69, 9.17) is 0 Å². The van der Waals surface area contributed by atoms with Crippen LogP contribution in [-0.2, 0) is 0 Å². The van der Waals surface area contributed by atoms with Crippen LogP contribution in [0.25, 0.3) is 0 Å². The fourth-order valence-corrected chi connectivity index (χ4v) is 4.44. The fourth-order valence-electron chi connectivity index (χ4n) is 3.70. The van der Waals surface area contributed by atoms with Crippen molar-refractivity contribution in [2.24, 2.45) is 5.92 Å². The van der Waals surface area contributed by atoms with E-state index in [1.54, 1.807) is 11.3 Å². The Balaban J connectivity index is 1.86. The highest BCUT2D eigenvalue weighted by Gasteiger charge is 2.35. The van der Waals surface area contributed by atoms with Crippen molar-refractivity contribution >= 4 is 17.2 Å². The minimum Gasteiger partial charge on any atom is -0.341 e. The van der Waals surface area contributed by atoms with E-state index in [9.17, 15) is 5.26 Å². The van der Waals surface area contributed by atoms with Gasteiger partial charge in [-0.1, -0.05) is 0 Å². The first-order valence-electron chi connectivity index (χ1n) is 7.99. The second-order valence-electron chi connectivity index (χ2n) is 6.14. The molecule has 0 aliphatic carbocycles. The normalized spacial score (nSPS) is 21.7. The maximum atomic E-state index is 9.92. The Morgan fingerprint density at radius 2 is 2.13 bits per heavy atom. The number of rotatable bonds is 2. The van der Waals surface area contributed by atoms with Crippen LogP contribution in [0, 0.1) is 24.2 Å². The molecule has 1 fully saturated rings. The third-order valence-electron chi connectivity index (χ3n) is 4.89. The van der Waals surface area contributed by atoms with Gasteiger partial charge in [0.25, 0.3) is 0 Å². The molecule has 4 rings (SSSR count). The van der Waals surface area contributed by atoms with E-state index in [1.165, 1.54) is 10.4 Å². The van der Waals surface area contributed by atoms with Gasteiger partial charge in [0.2, 0.25) is 0 Å². The van der Waals surface area contributed by atoms with E-state index in [0.717, 1.165) is 48.6 Å². The summed E-state index contributed by atoms with van der Waals surface area (Å²) in [5.74, 6) is 1.26. The predicted molar refractivity (Wildman–Crippen MR) is 91.3 cm³/mol. The number of thiophene rings is 1. The number of piperidine rings is 1. The summed E-state index contributed by atoms with van der Waals surface area (Å²) in [4.78, 5) is 1.27. The lowest BCUT2D eigenvalue weighted by atomic mass is 9.79. The minimum atomic E-state index is -0.00821. The SMILES string of the molecule is Cc1sccc1C1C(C#N)=C(C2CCNCC2)Nc2n[nH]cc21. The highest BCUT2D eigenvalue weighted by molar-refractivity contribution is 7.10. The number of fused-ring (bicyclic) bond motifs is 1. The molecule has 2 aromatic heterocycles. The van der Waals surface area contributed by atoms with Gasteiger partial charge in [0.05, 0.1) is 17.6 Å². The van der Waals surface area contributed by atoms with Crippen molar-refractivity contribution in [1.29, 1.82) is 5.26 Å². The number of anilines is 1. The Morgan fingerprint density at radius 3 is 2.83 bits per heavy atom. The maximum absolute atomic E-state index is 9.92. The van der Waals surface area contributed by atoms with E-state index >= 15 is 0 Å². The fraction of sp³-hybridized carbons (Fsp3) is 0.412. The van der Waals surface area contributed by atoms with Crippen LogP contribution < -0.4 is 10.6 Å². The van der Waals surface area contributed by atoms with E-state index in [0.29, 0.717) is 5.92 Å². The lowest BCUT2D eigenvalue weighted by Crippen LogP contribution is -2.32. The van der Waals surface area contributed by atoms with Gasteiger partial charge in [-0.15, -0.1) is 11.3 Å². The Bertz CT molecular complexity index is 788. The van der Waals surface area contributed by atoms with E-state index in [-0.39, 0.29) is 5.92 Å². The van der Waals surface area contributed by atoms with Crippen LogP contribution in [0.5, 0.6) is 0 Å². The van der Waals surface area contributed by atoms with Crippen LogP contribution in [0.15, 0.2) is 28.9 Å². The molecule has 23 heavy (non-hydrogen) atoms. The number of nitriles is 1. The second kappa shape index (κ2) is 5.84. The summed E-state index contributed by atoms with van der Waals surface area (Å²) in [5.41, 5.74) is 4.22. The lowest BCUT2D eigenvalue weighted by molar-refractivity contribution is 0.418. The maximum Gasteiger partial charge on any atom is 0.156 e. The summed E-state index contributed by atoms with van der Waals surface area (Å²) < 4.78 is 0. The number of aryl methyl sites for hydroxylation is 1. The third kappa shape index (κ3) is 2.37. The number of nitrogens with one attached hydrogen (secondary N) is 3. The smallest absolute Gasteiger partial charge is 0.156 e. The molecular formula is C17H19N5S. The lowest BCUT2D eigenvalue weighted by Gasteiger charge is -2.32. The van der Waals surface area contributed by atoms with E-state index in [2.05, 4.69) is 45.3 Å². The molecule has 2 aliphatic heterocycles.